The Morgan fingerprint density at radius 1 is 0.676 bits per heavy atom. The molecule has 34 heavy (non-hydrogen) atoms. The summed E-state index contributed by atoms with van der Waals surface area (Å²) in [5, 5.41) is 7.93. The van der Waals surface area contributed by atoms with E-state index in [-0.39, 0.29) is 25.0 Å². The van der Waals surface area contributed by atoms with Crippen LogP contribution in [-0.2, 0) is 9.59 Å². The fourth-order valence-corrected chi connectivity index (χ4v) is 2.72. The minimum absolute atomic E-state index is 0.153. The fourth-order valence-electron chi connectivity index (χ4n) is 2.72. The molecule has 0 radical (unpaired) electrons. The largest absolute Gasteiger partial charge is 0.484 e. The molecule has 0 spiro atoms. The summed E-state index contributed by atoms with van der Waals surface area (Å²) in [5.41, 5.74) is 8.48. The van der Waals surface area contributed by atoms with Crippen LogP contribution in [0.1, 0.15) is 22.3 Å². The van der Waals surface area contributed by atoms with Crippen LogP contribution in [0, 0.1) is 13.8 Å². The summed E-state index contributed by atoms with van der Waals surface area (Å²) < 4.78 is 10.8. The minimum Gasteiger partial charge on any atom is -0.484 e. The number of hydrogen-bond donors (Lipinski definition) is 2. The molecule has 0 aliphatic heterocycles. The third-order valence-electron chi connectivity index (χ3n) is 4.56. The van der Waals surface area contributed by atoms with E-state index in [1.54, 1.807) is 24.3 Å². The molecule has 0 heterocycles. The molecule has 2 amide bonds. The summed E-state index contributed by atoms with van der Waals surface area (Å²) in [4.78, 5) is 23.9. The summed E-state index contributed by atoms with van der Waals surface area (Å²) in [6.07, 6.45) is 2.99. The van der Waals surface area contributed by atoms with Crippen molar-refractivity contribution in [1.82, 2.24) is 10.9 Å². The second-order valence-corrected chi connectivity index (χ2v) is 7.42. The van der Waals surface area contributed by atoms with Crippen molar-refractivity contribution in [3.8, 4) is 11.5 Å². The van der Waals surface area contributed by atoms with Crippen LogP contribution in [-0.4, -0.2) is 37.5 Å². The first kappa shape index (κ1) is 24.2. The molecule has 0 aliphatic carbocycles. The van der Waals surface area contributed by atoms with Crippen molar-refractivity contribution in [2.45, 2.75) is 13.8 Å². The summed E-state index contributed by atoms with van der Waals surface area (Å²) in [5.74, 6) is 0.447. The third kappa shape index (κ3) is 8.23. The number of amides is 2. The number of hydrazone groups is 2. The third-order valence-corrected chi connectivity index (χ3v) is 4.56. The second-order valence-electron chi connectivity index (χ2n) is 7.42. The Morgan fingerprint density at radius 2 is 1.06 bits per heavy atom. The van der Waals surface area contributed by atoms with E-state index >= 15 is 0 Å². The van der Waals surface area contributed by atoms with Gasteiger partial charge in [-0.1, -0.05) is 59.7 Å². The average molecular weight is 459 g/mol. The van der Waals surface area contributed by atoms with E-state index in [4.69, 9.17) is 9.47 Å². The monoisotopic (exact) mass is 458 g/mol. The van der Waals surface area contributed by atoms with Gasteiger partial charge in [-0.3, -0.25) is 9.59 Å². The molecular weight excluding hydrogens is 432 g/mol. The highest BCUT2D eigenvalue weighted by atomic mass is 16.5. The molecule has 0 aromatic heterocycles. The fraction of sp³-hybridized carbons (Fsp3) is 0.154. The van der Waals surface area contributed by atoms with Crippen LogP contribution < -0.4 is 20.3 Å². The number of carbonyl (C=O) groups excluding carboxylic acids is 2. The Hall–Kier alpha value is -4.46. The molecule has 0 atom stereocenters. The quantitative estimate of drug-likeness (QED) is 0.359. The van der Waals surface area contributed by atoms with Crippen molar-refractivity contribution in [2.24, 2.45) is 10.2 Å². The number of carbonyl (C=O) groups is 2. The van der Waals surface area contributed by atoms with Gasteiger partial charge >= 0.3 is 0 Å². The molecule has 2 N–H and O–H groups in total. The number of aryl methyl sites for hydroxylation is 2. The molecule has 8 nitrogen and oxygen atoms in total. The van der Waals surface area contributed by atoms with E-state index in [0.29, 0.717) is 22.6 Å². The van der Waals surface area contributed by atoms with Gasteiger partial charge in [0, 0.05) is 11.1 Å². The lowest BCUT2D eigenvalue weighted by Crippen LogP contribution is -2.25. The van der Waals surface area contributed by atoms with Crippen LogP contribution in [0.3, 0.4) is 0 Å². The van der Waals surface area contributed by atoms with Crippen molar-refractivity contribution in [2.75, 3.05) is 13.2 Å². The maximum Gasteiger partial charge on any atom is 0.277 e. The standard InChI is InChI=1S/C26H26N4O4/c1-19-7-11-23(12-8-19)33-17-25(31)29-27-15-21-5-3-4-6-22(21)16-28-30-26(32)18-34-24-13-9-20(2)10-14-24/h3-16H,17-18H2,1-2H3,(H,29,31)(H,30,32)/b27-15+,28-16?. The van der Waals surface area contributed by atoms with Crippen LogP contribution in [0.4, 0.5) is 0 Å². The summed E-state index contributed by atoms with van der Waals surface area (Å²) in [7, 11) is 0. The van der Waals surface area contributed by atoms with E-state index in [9.17, 15) is 9.59 Å². The van der Waals surface area contributed by atoms with Crippen LogP contribution in [0.15, 0.2) is 83.0 Å². The molecule has 0 aliphatic rings. The van der Waals surface area contributed by atoms with Gasteiger partial charge in [0.2, 0.25) is 0 Å². The number of rotatable bonds is 10. The summed E-state index contributed by atoms with van der Waals surface area (Å²) in [6.45, 7) is 3.64. The van der Waals surface area contributed by atoms with Gasteiger partial charge in [-0.25, -0.2) is 10.9 Å². The number of hydrogen-bond acceptors (Lipinski definition) is 6. The number of ether oxygens (including phenoxy) is 2. The Kier molecular flexibility index (Phi) is 8.92. The van der Waals surface area contributed by atoms with Gasteiger partial charge in [-0.15, -0.1) is 0 Å². The molecule has 3 aromatic carbocycles. The Morgan fingerprint density at radius 3 is 1.44 bits per heavy atom. The first-order valence-electron chi connectivity index (χ1n) is 10.6. The minimum atomic E-state index is -0.385. The van der Waals surface area contributed by atoms with Gasteiger partial charge in [0.1, 0.15) is 11.5 Å². The molecule has 8 heteroatoms. The molecule has 0 unspecified atom stereocenters. The maximum atomic E-state index is 12.0. The lowest BCUT2D eigenvalue weighted by molar-refractivity contribution is -0.123. The van der Waals surface area contributed by atoms with Crippen molar-refractivity contribution in [1.29, 1.82) is 0 Å². The Bertz CT molecular complexity index is 1060. The maximum absolute atomic E-state index is 12.0. The molecule has 0 saturated carbocycles. The lowest BCUT2D eigenvalue weighted by atomic mass is 10.1. The number of nitrogens with one attached hydrogen (secondary N) is 2. The smallest absolute Gasteiger partial charge is 0.277 e. The van der Waals surface area contributed by atoms with Crippen LogP contribution in [0.25, 0.3) is 0 Å². The lowest BCUT2D eigenvalue weighted by Gasteiger charge is -2.05. The topological polar surface area (TPSA) is 101 Å². The number of nitrogens with zero attached hydrogens (tertiary/aromatic N) is 2. The van der Waals surface area contributed by atoms with Gasteiger partial charge in [0.05, 0.1) is 12.4 Å². The van der Waals surface area contributed by atoms with Crippen LogP contribution >= 0.6 is 0 Å². The second kappa shape index (κ2) is 12.5. The normalized spacial score (nSPS) is 10.9. The highest BCUT2D eigenvalue weighted by Crippen LogP contribution is 2.12. The van der Waals surface area contributed by atoms with Crippen molar-refractivity contribution in [3.63, 3.8) is 0 Å². The highest BCUT2D eigenvalue weighted by molar-refractivity contribution is 5.95. The van der Waals surface area contributed by atoms with Gasteiger partial charge < -0.3 is 9.47 Å². The van der Waals surface area contributed by atoms with Gasteiger partial charge in [-0.2, -0.15) is 10.2 Å². The van der Waals surface area contributed by atoms with Crippen LogP contribution in [0.5, 0.6) is 11.5 Å². The van der Waals surface area contributed by atoms with E-state index in [1.165, 1.54) is 12.4 Å². The first-order valence-corrected chi connectivity index (χ1v) is 10.6. The zero-order valence-corrected chi connectivity index (χ0v) is 19.0. The molecular formula is C26H26N4O4. The predicted octanol–water partition coefficient (Wildman–Crippen LogP) is 3.36. The van der Waals surface area contributed by atoms with E-state index in [1.807, 2.05) is 62.4 Å². The van der Waals surface area contributed by atoms with Crippen molar-refractivity contribution in [3.05, 3.63) is 95.1 Å². The zero-order valence-electron chi connectivity index (χ0n) is 19.0. The SMILES string of the molecule is Cc1ccc(OCC(=O)NN=Cc2ccccc2/C=N/NC(=O)COc2ccc(C)cc2)cc1. The molecule has 174 valence electrons. The molecule has 3 rings (SSSR count). The molecule has 0 saturated heterocycles. The van der Waals surface area contributed by atoms with Gasteiger partial charge in [0.25, 0.3) is 11.8 Å². The predicted molar refractivity (Wildman–Crippen MR) is 131 cm³/mol. The summed E-state index contributed by atoms with van der Waals surface area (Å²) >= 11 is 0. The molecule has 3 aromatic rings. The first-order chi connectivity index (χ1) is 16.5. The summed E-state index contributed by atoms with van der Waals surface area (Å²) in [6, 6.07) is 22.1. The van der Waals surface area contributed by atoms with Gasteiger partial charge in [-0.05, 0) is 38.1 Å². The van der Waals surface area contributed by atoms with Gasteiger partial charge in [0.15, 0.2) is 13.2 Å². The van der Waals surface area contributed by atoms with Crippen molar-refractivity contribution >= 4 is 24.2 Å². The average Bonchev–Trinajstić information content (AvgIpc) is 2.84. The van der Waals surface area contributed by atoms with Crippen LogP contribution in [0.2, 0.25) is 0 Å². The van der Waals surface area contributed by atoms with E-state index in [0.717, 1.165) is 11.1 Å². The number of benzene rings is 3. The van der Waals surface area contributed by atoms with E-state index in [2.05, 4.69) is 21.1 Å². The zero-order chi connectivity index (χ0) is 24.2. The van der Waals surface area contributed by atoms with E-state index < -0.39 is 0 Å². The van der Waals surface area contributed by atoms with Crippen molar-refractivity contribution < 1.29 is 19.1 Å². The Labute approximate surface area is 198 Å². The Balaban J connectivity index is 1.45. The molecule has 0 bridgehead atoms. The highest BCUT2D eigenvalue weighted by Gasteiger charge is 2.03. The molecule has 0 fully saturated rings.